The molecular formula is C28H46N2O. The van der Waals surface area contributed by atoms with E-state index < -0.39 is 0 Å². The number of hydrogen-bond donors (Lipinski definition) is 2. The van der Waals surface area contributed by atoms with Crippen molar-refractivity contribution in [1.29, 1.82) is 0 Å². The first kappa shape index (κ1) is 25.5. The molecule has 0 bridgehead atoms. The molecule has 174 valence electrons. The molecule has 1 amide bonds. The lowest BCUT2D eigenvalue weighted by molar-refractivity contribution is -0.125. The molecule has 1 aliphatic carbocycles. The summed E-state index contributed by atoms with van der Waals surface area (Å²) >= 11 is 0. The van der Waals surface area contributed by atoms with Gasteiger partial charge < -0.3 is 10.6 Å². The first-order valence-corrected chi connectivity index (χ1v) is 12.7. The van der Waals surface area contributed by atoms with E-state index in [-0.39, 0.29) is 17.9 Å². The number of hydrogen-bond acceptors (Lipinski definition) is 2. The van der Waals surface area contributed by atoms with Gasteiger partial charge in [0.1, 0.15) is 0 Å². The number of carbonyl (C=O) groups is 1. The Labute approximate surface area is 191 Å². The maximum absolute atomic E-state index is 12.9. The highest BCUT2D eigenvalue weighted by atomic mass is 16.1. The van der Waals surface area contributed by atoms with Crippen molar-refractivity contribution in [1.82, 2.24) is 10.6 Å². The summed E-state index contributed by atoms with van der Waals surface area (Å²) in [7, 11) is 0. The van der Waals surface area contributed by atoms with Crippen LogP contribution in [0.5, 0.6) is 0 Å². The van der Waals surface area contributed by atoms with Gasteiger partial charge in [0.05, 0.1) is 6.04 Å². The van der Waals surface area contributed by atoms with Crippen molar-refractivity contribution in [2.75, 3.05) is 0 Å². The average molecular weight is 427 g/mol. The lowest BCUT2D eigenvalue weighted by atomic mass is 9.94. The Bertz CT molecular complexity index is 658. The standard InChI is InChI=1S/C28H46N2O/c1-6-7-9-12-22(4)28(31)30-27(23(5)29-26-13-10-8-11-14-26)20-25-17-15-24(16-18-25)19-21(2)3/h15-18,21-22,26-27,29H,5-14,19-20H2,1-4H3,(H,30,31)/t22-,27-/m0/s1. The summed E-state index contributed by atoms with van der Waals surface area (Å²) in [6.45, 7) is 13.1. The van der Waals surface area contributed by atoms with Gasteiger partial charge in [-0.1, -0.05) is 97.1 Å². The van der Waals surface area contributed by atoms with Gasteiger partial charge in [0.2, 0.25) is 5.91 Å². The van der Waals surface area contributed by atoms with E-state index in [9.17, 15) is 4.79 Å². The first-order valence-electron chi connectivity index (χ1n) is 12.7. The quantitative estimate of drug-likeness (QED) is 0.350. The summed E-state index contributed by atoms with van der Waals surface area (Å²) in [5.74, 6) is 0.862. The van der Waals surface area contributed by atoms with Gasteiger partial charge in [-0.05, 0) is 49.1 Å². The molecule has 0 unspecified atom stereocenters. The van der Waals surface area contributed by atoms with Crippen LogP contribution in [0.4, 0.5) is 0 Å². The second-order valence-electron chi connectivity index (χ2n) is 10.1. The second-order valence-corrected chi connectivity index (χ2v) is 10.1. The fourth-order valence-corrected chi connectivity index (χ4v) is 4.54. The molecule has 1 aromatic carbocycles. The van der Waals surface area contributed by atoms with Crippen LogP contribution in [0.2, 0.25) is 0 Å². The molecule has 0 aromatic heterocycles. The van der Waals surface area contributed by atoms with Crippen molar-refractivity contribution in [3.05, 3.63) is 47.7 Å². The second kappa shape index (κ2) is 13.6. The average Bonchev–Trinajstić information content (AvgIpc) is 2.75. The highest BCUT2D eigenvalue weighted by Crippen LogP contribution is 2.20. The van der Waals surface area contributed by atoms with Gasteiger partial charge in [-0.3, -0.25) is 4.79 Å². The summed E-state index contributed by atoms with van der Waals surface area (Å²) in [5.41, 5.74) is 3.60. The maximum atomic E-state index is 12.9. The van der Waals surface area contributed by atoms with Gasteiger partial charge in [0.15, 0.2) is 0 Å². The maximum Gasteiger partial charge on any atom is 0.223 e. The molecule has 1 fully saturated rings. The van der Waals surface area contributed by atoms with Crippen LogP contribution in [0.25, 0.3) is 0 Å². The van der Waals surface area contributed by atoms with Crippen molar-refractivity contribution in [2.45, 2.75) is 110 Å². The molecule has 2 atom stereocenters. The van der Waals surface area contributed by atoms with E-state index in [1.165, 1.54) is 56.1 Å². The molecule has 1 aliphatic rings. The van der Waals surface area contributed by atoms with E-state index in [1.54, 1.807) is 0 Å². The largest absolute Gasteiger partial charge is 0.384 e. The van der Waals surface area contributed by atoms with Crippen LogP contribution in [-0.4, -0.2) is 18.0 Å². The van der Waals surface area contributed by atoms with Crippen LogP contribution >= 0.6 is 0 Å². The molecule has 1 aromatic rings. The van der Waals surface area contributed by atoms with Gasteiger partial charge in [-0.2, -0.15) is 0 Å². The summed E-state index contributed by atoms with van der Waals surface area (Å²) in [4.78, 5) is 12.9. The lowest BCUT2D eigenvalue weighted by Crippen LogP contribution is -2.45. The Balaban J connectivity index is 2.03. The van der Waals surface area contributed by atoms with Crippen molar-refractivity contribution in [2.24, 2.45) is 11.8 Å². The SMILES string of the molecule is C=C(NC1CCCCC1)[C@H](Cc1ccc(CC(C)C)cc1)NC(=O)[C@@H](C)CCCCC. The number of nitrogens with one attached hydrogen (secondary N) is 2. The topological polar surface area (TPSA) is 41.1 Å². The van der Waals surface area contributed by atoms with E-state index in [4.69, 9.17) is 0 Å². The van der Waals surface area contributed by atoms with Gasteiger partial charge in [0.25, 0.3) is 0 Å². The molecule has 3 heteroatoms. The van der Waals surface area contributed by atoms with Crippen LogP contribution in [0, 0.1) is 11.8 Å². The third kappa shape index (κ3) is 9.49. The van der Waals surface area contributed by atoms with Crippen LogP contribution in [-0.2, 0) is 17.6 Å². The first-order chi connectivity index (χ1) is 14.9. The van der Waals surface area contributed by atoms with Gasteiger partial charge in [0, 0.05) is 17.7 Å². The van der Waals surface area contributed by atoms with Gasteiger partial charge >= 0.3 is 0 Å². The summed E-state index contributed by atoms with van der Waals surface area (Å²) in [6, 6.07) is 9.33. The Morgan fingerprint density at radius 1 is 1.00 bits per heavy atom. The molecule has 31 heavy (non-hydrogen) atoms. The predicted molar refractivity (Wildman–Crippen MR) is 133 cm³/mol. The fourth-order valence-electron chi connectivity index (χ4n) is 4.54. The Morgan fingerprint density at radius 3 is 2.19 bits per heavy atom. The number of amides is 1. The number of carbonyl (C=O) groups excluding carboxylic acids is 1. The third-order valence-corrected chi connectivity index (χ3v) is 6.53. The van der Waals surface area contributed by atoms with Crippen molar-refractivity contribution < 1.29 is 4.79 Å². The van der Waals surface area contributed by atoms with E-state index in [0.717, 1.165) is 31.4 Å². The zero-order chi connectivity index (χ0) is 22.6. The molecular weight excluding hydrogens is 380 g/mol. The molecule has 2 rings (SSSR count). The number of rotatable bonds is 13. The van der Waals surface area contributed by atoms with Crippen LogP contribution in [0.3, 0.4) is 0 Å². The van der Waals surface area contributed by atoms with Crippen molar-refractivity contribution >= 4 is 5.91 Å². The van der Waals surface area contributed by atoms with E-state index in [0.29, 0.717) is 12.0 Å². The lowest BCUT2D eigenvalue weighted by Gasteiger charge is -2.30. The zero-order valence-corrected chi connectivity index (χ0v) is 20.5. The monoisotopic (exact) mass is 426 g/mol. The Morgan fingerprint density at radius 2 is 1.61 bits per heavy atom. The molecule has 0 saturated heterocycles. The Hall–Kier alpha value is -1.77. The normalized spacial score (nSPS) is 16.7. The van der Waals surface area contributed by atoms with Crippen molar-refractivity contribution in [3.63, 3.8) is 0 Å². The summed E-state index contributed by atoms with van der Waals surface area (Å²) in [6.07, 6.45) is 12.7. The minimum atomic E-state index is -0.0704. The minimum Gasteiger partial charge on any atom is -0.384 e. The molecule has 0 radical (unpaired) electrons. The predicted octanol–water partition coefficient (Wildman–Crippen LogP) is 6.56. The summed E-state index contributed by atoms with van der Waals surface area (Å²) < 4.78 is 0. The number of benzene rings is 1. The molecule has 1 saturated carbocycles. The summed E-state index contributed by atoms with van der Waals surface area (Å²) in [5, 5.41) is 6.99. The highest BCUT2D eigenvalue weighted by Gasteiger charge is 2.22. The van der Waals surface area contributed by atoms with Crippen LogP contribution < -0.4 is 10.6 Å². The van der Waals surface area contributed by atoms with Gasteiger partial charge in [-0.15, -0.1) is 0 Å². The third-order valence-electron chi connectivity index (χ3n) is 6.53. The smallest absolute Gasteiger partial charge is 0.223 e. The van der Waals surface area contributed by atoms with E-state index in [2.05, 4.69) is 69.2 Å². The number of unbranched alkanes of at least 4 members (excludes halogenated alkanes) is 2. The zero-order valence-electron chi connectivity index (χ0n) is 20.5. The van der Waals surface area contributed by atoms with E-state index >= 15 is 0 Å². The molecule has 0 aliphatic heterocycles. The van der Waals surface area contributed by atoms with Crippen LogP contribution in [0.1, 0.15) is 96.6 Å². The molecule has 0 spiro atoms. The molecule has 2 N–H and O–H groups in total. The Kier molecular flexibility index (Phi) is 11.2. The fraction of sp³-hybridized carbons (Fsp3) is 0.679. The highest BCUT2D eigenvalue weighted by molar-refractivity contribution is 5.79. The van der Waals surface area contributed by atoms with Gasteiger partial charge in [-0.25, -0.2) is 0 Å². The molecule has 3 nitrogen and oxygen atoms in total. The molecule has 0 heterocycles. The van der Waals surface area contributed by atoms with Crippen LogP contribution in [0.15, 0.2) is 36.5 Å². The van der Waals surface area contributed by atoms with Crippen molar-refractivity contribution in [3.8, 4) is 0 Å². The minimum absolute atomic E-state index is 0.0462. The van der Waals surface area contributed by atoms with E-state index in [1.807, 2.05) is 0 Å².